The third-order valence-corrected chi connectivity index (χ3v) is 4.14. The minimum Gasteiger partial charge on any atom is -0.456 e. The van der Waals surface area contributed by atoms with Crippen molar-refractivity contribution in [1.29, 1.82) is 0 Å². The van der Waals surface area contributed by atoms with Crippen molar-refractivity contribution < 1.29 is 31.4 Å². The molecule has 1 fully saturated rings. The standard InChI is InChI=1S/C18H19F5O2/c1-2-3-12-4-6-13(7-5-12)18(22,23)25-14-8-9-16(15(19)10-14)24-11-17(20)21/h2-3,8-13H,4-7H2,1H3/b3-2+. The van der Waals surface area contributed by atoms with E-state index in [1.54, 1.807) is 0 Å². The Morgan fingerprint density at radius 1 is 1.16 bits per heavy atom. The molecule has 25 heavy (non-hydrogen) atoms. The highest BCUT2D eigenvalue weighted by Gasteiger charge is 2.43. The second kappa shape index (κ2) is 8.36. The van der Waals surface area contributed by atoms with E-state index >= 15 is 0 Å². The molecule has 0 spiro atoms. The van der Waals surface area contributed by atoms with Crippen LogP contribution < -0.4 is 9.47 Å². The third kappa shape index (κ3) is 5.47. The molecule has 1 aromatic carbocycles. The number of hydrogen-bond donors (Lipinski definition) is 0. The quantitative estimate of drug-likeness (QED) is 0.336. The average molecular weight is 362 g/mol. The summed E-state index contributed by atoms with van der Waals surface area (Å²) < 4.78 is 75.2. The SMILES string of the molecule is C/C=C/C1CCC(C(F)(F)Oc2ccc(OC=C(F)F)c(F)c2)CC1. The zero-order valence-electron chi connectivity index (χ0n) is 13.7. The lowest BCUT2D eigenvalue weighted by atomic mass is 9.81. The van der Waals surface area contributed by atoms with Crippen molar-refractivity contribution >= 4 is 0 Å². The molecule has 0 amide bonds. The van der Waals surface area contributed by atoms with Crippen LogP contribution in [0.5, 0.6) is 11.5 Å². The van der Waals surface area contributed by atoms with E-state index in [-0.39, 0.29) is 12.0 Å². The molecule has 138 valence electrons. The summed E-state index contributed by atoms with van der Waals surface area (Å²) >= 11 is 0. The van der Waals surface area contributed by atoms with Crippen LogP contribution in [0, 0.1) is 17.7 Å². The van der Waals surface area contributed by atoms with Gasteiger partial charge in [0.25, 0.3) is 0 Å². The summed E-state index contributed by atoms with van der Waals surface area (Å²) in [4.78, 5) is 0. The minimum atomic E-state index is -3.43. The second-order valence-electron chi connectivity index (χ2n) is 5.92. The highest BCUT2D eigenvalue weighted by Crippen LogP contribution is 2.40. The van der Waals surface area contributed by atoms with Crippen LogP contribution in [0.3, 0.4) is 0 Å². The van der Waals surface area contributed by atoms with Crippen molar-refractivity contribution in [3.05, 3.63) is 48.5 Å². The van der Waals surface area contributed by atoms with Gasteiger partial charge in [0.2, 0.25) is 0 Å². The molecule has 7 heteroatoms. The molecular formula is C18H19F5O2. The molecule has 0 bridgehead atoms. The maximum Gasteiger partial charge on any atom is 0.400 e. The van der Waals surface area contributed by atoms with Crippen LogP contribution in [-0.2, 0) is 0 Å². The first-order valence-corrected chi connectivity index (χ1v) is 7.99. The van der Waals surface area contributed by atoms with E-state index < -0.39 is 29.7 Å². The van der Waals surface area contributed by atoms with E-state index in [1.165, 1.54) is 0 Å². The first-order valence-electron chi connectivity index (χ1n) is 7.99. The summed E-state index contributed by atoms with van der Waals surface area (Å²) in [5.74, 6) is -2.60. The fraction of sp³-hybridized carbons (Fsp3) is 0.444. The molecule has 1 aliphatic rings. The molecule has 0 aromatic heterocycles. The number of allylic oxidation sites excluding steroid dienone is 2. The van der Waals surface area contributed by atoms with Gasteiger partial charge < -0.3 is 9.47 Å². The van der Waals surface area contributed by atoms with Gasteiger partial charge in [-0.25, -0.2) is 4.39 Å². The molecule has 1 aliphatic carbocycles. The lowest BCUT2D eigenvalue weighted by molar-refractivity contribution is -0.223. The van der Waals surface area contributed by atoms with Crippen molar-refractivity contribution in [2.75, 3.05) is 0 Å². The molecule has 0 heterocycles. The van der Waals surface area contributed by atoms with Crippen molar-refractivity contribution in [2.24, 2.45) is 11.8 Å². The van der Waals surface area contributed by atoms with Gasteiger partial charge in [0, 0.05) is 6.07 Å². The Bertz CT molecular complexity index is 630. The van der Waals surface area contributed by atoms with Crippen molar-refractivity contribution in [3.8, 4) is 11.5 Å². The smallest absolute Gasteiger partial charge is 0.400 e. The van der Waals surface area contributed by atoms with Gasteiger partial charge >= 0.3 is 12.2 Å². The third-order valence-electron chi connectivity index (χ3n) is 4.14. The van der Waals surface area contributed by atoms with Gasteiger partial charge in [0.1, 0.15) is 5.75 Å². The molecule has 0 saturated heterocycles. The largest absolute Gasteiger partial charge is 0.456 e. The Balaban J connectivity index is 2.00. The zero-order valence-corrected chi connectivity index (χ0v) is 13.7. The molecule has 0 N–H and O–H groups in total. The fourth-order valence-electron chi connectivity index (χ4n) is 2.91. The zero-order chi connectivity index (χ0) is 18.4. The summed E-state index contributed by atoms with van der Waals surface area (Å²) in [6.45, 7) is 1.89. The lowest BCUT2D eigenvalue weighted by Crippen LogP contribution is -2.37. The second-order valence-corrected chi connectivity index (χ2v) is 5.92. The Hall–Kier alpha value is -2.05. The van der Waals surface area contributed by atoms with Crippen LogP contribution in [0.25, 0.3) is 0 Å². The van der Waals surface area contributed by atoms with Crippen LogP contribution >= 0.6 is 0 Å². The summed E-state index contributed by atoms with van der Waals surface area (Å²) in [7, 11) is 0. The molecule has 2 nitrogen and oxygen atoms in total. The predicted molar refractivity (Wildman–Crippen MR) is 83.2 cm³/mol. The highest BCUT2D eigenvalue weighted by atomic mass is 19.3. The normalized spacial score (nSPS) is 21.2. The number of benzene rings is 1. The fourth-order valence-corrected chi connectivity index (χ4v) is 2.91. The van der Waals surface area contributed by atoms with E-state index in [0.717, 1.165) is 12.1 Å². The molecule has 2 rings (SSSR count). The number of halogens is 5. The number of ether oxygens (including phenoxy) is 2. The van der Waals surface area contributed by atoms with Crippen LogP contribution in [0.4, 0.5) is 22.0 Å². The van der Waals surface area contributed by atoms with Gasteiger partial charge in [-0.3, -0.25) is 0 Å². The van der Waals surface area contributed by atoms with Crippen molar-refractivity contribution in [1.82, 2.24) is 0 Å². The molecule has 1 saturated carbocycles. The van der Waals surface area contributed by atoms with Gasteiger partial charge in [-0.05, 0) is 50.7 Å². The topological polar surface area (TPSA) is 18.5 Å². The number of alkyl halides is 2. The summed E-state index contributed by atoms with van der Waals surface area (Å²) in [5.41, 5.74) is 0. The van der Waals surface area contributed by atoms with Gasteiger partial charge in [-0.2, -0.15) is 17.6 Å². The molecule has 0 atom stereocenters. The molecule has 1 aromatic rings. The van der Waals surface area contributed by atoms with E-state index in [1.807, 2.05) is 19.1 Å². The number of rotatable bonds is 6. The van der Waals surface area contributed by atoms with Gasteiger partial charge in [0.05, 0.1) is 5.92 Å². The predicted octanol–water partition coefficient (Wildman–Crippen LogP) is 6.30. The van der Waals surface area contributed by atoms with Gasteiger partial charge in [-0.1, -0.05) is 12.2 Å². The molecular weight excluding hydrogens is 343 g/mol. The summed E-state index contributed by atoms with van der Waals surface area (Å²) in [6, 6.07) is 2.71. The Kier molecular flexibility index (Phi) is 6.45. The van der Waals surface area contributed by atoms with Gasteiger partial charge in [-0.15, -0.1) is 0 Å². The monoisotopic (exact) mass is 362 g/mol. The van der Waals surface area contributed by atoms with Crippen LogP contribution in [0.15, 0.2) is 42.7 Å². The average Bonchev–Trinajstić information content (AvgIpc) is 2.54. The van der Waals surface area contributed by atoms with E-state index in [9.17, 15) is 22.0 Å². The summed E-state index contributed by atoms with van der Waals surface area (Å²) in [5, 5.41) is 0. The Morgan fingerprint density at radius 3 is 2.40 bits per heavy atom. The lowest BCUT2D eigenvalue weighted by Gasteiger charge is -2.32. The van der Waals surface area contributed by atoms with Gasteiger partial charge in [0.15, 0.2) is 17.8 Å². The molecule has 0 aliphatic heterocycles. The maximum atomic E-state index is 14.3. The van der Waals surface area contributed by atoms with Crippen molar-refractivity contribution in [2.45, 2.75) is 38.7 Å². The van der Waals surface area contributed by atoms with Crippen molar-refractivity contribution in [3.63, 3.8) is 0 Å². The van der Waals surface area contributed by atoms with Crippen LogP contribution in [0.1, 0.15) is 32.6 Å². The van der Waals surface area contributed by atoms with E-state index in [2.05, 4.69) is 9.47 Å². The maximum absolute atomic E-state index is 14.3. The highest BCUT2D eigenvalue weighted by molar-refractivity contribution is 5.33. The summed E-state index contributed by atoms with van der Waals surface area (Å²) in [6.07, 6.45) is 0.343. The first kappa shape index (κ1) is 19.3. The molecule has 0 unspecified atom stereocenters. The van der Waals surface area contributed by atoms with Crippen LogP contribution in [-0.4, -0.2) is 6.11 Å². The van der Waals surface area contributed by atoms with Crippen LogP contribution in [0.2, 0.25) is 0 Å². The molecule has 0 radical (unpaired) electrons. The van der Waals surface area contributed by atoms with E-state index in [0.29, 0.717) is 37.7 Å². The first-order chi connectivity index (χ1) is 11.8. The number of hydrogen-bond acceptors (Lipinski definition) is 2. The minimum absolute atomic E-state index is 0.0662. The Morgan fingerprint density at radius 2 is 1.84 bits per heavy atom. The van der Waals surface area contributed by atoms with E-state index in [4.69, 9.17) is 0 Å². The Labute approximate surface area is 142 Å².